The SMILES string of the molecule is COc1ccc2[nH]c(=O)c(C3C4=C(CC(C)(C)CC4=O)Nc4nc(N)nc(N)c43)cc2c1. The molecular formula is C23H24N6O3. The quantitative estimate of drug-likeness (QED) is 0.483. The minimum absolute atomic E-state index is 0.0232. The molecular weight excluding hydrogens is 408 g/mol. The second-order valence-electron chi connectivity index (χ2n) is 9.13. The third-order valence-electron chi connectivity index (χ3n) is 6.15. The Hall–Kier alpha value is -3.88. The number of carbonyl (C=O) groups excluding carboxylic acids is 1. The van der Waals surface area contributed by atoms with Crippen molar-refractivity contribution in [2.45, 2.75) is 32.6 Å². The van der Waals surface area contributed by atoms with Gasteiger partial charge in [-0.05, 0) is 36.1 Å². The number of ketones is 1. The van der Waals surface area contributed by atoms with Crippen molar-refractivity contribution in [3.63, 3.8) is 0 Å². The van der Waals surface area contributed by atoms with Gasteiger partial charge in [-0.15, -0.1) is 0 Å². The van der Waals surface area contributed by atoms with Crippen molar-refractivity contribution in [1.29, 1.82) is 0 Å². The molecule has 1 aliphatic heterocycles. The van der Waals surface area contributed by atoms with Gasteiger partial charge in [0.05, 0.1) is 13.0 Å². The second kappa shape index (κ2) is 6.81. The summed E-state index contributed by atoms with van der Waals surface area (Å²) in [4.78, 5) is 38.0. The zero-order valence-electron chi connectivity index (χ0n) is 18.1. The molecule has 9 heteroatoms. The van der Waals surface area contributed by atoms with Crippen LogP contribution in [0.25, 0.3) is 10.9 Å². The molecule has 0 amide bonds. The molecule has 1 atom stereocenters. The lowest BCUT2D eigenvalue weighted by molar-refractivity contribution is -0.118. The fraction of sp³-hybridized carbons (Fsp3) is 0.304. The largest absolute Gasteiger partial charge is 0.497 e. The summed E-state index contributed by atoms with van der Waals surface area (Å²) in [6, 6.07) is 7.18. The van der Waals surface area contributed by atoms with Crippen LogP contribution in [-0.4, -0.2) is 27.8 Å². The molecule has 0 saturated carbocycles. The van der Waals surface area contributed by atoms with Gasteiger partial charge in [-0.2, -0.15) is 9.97 Å². The number of anilines is 3. The van der Waals surface area contributed by atoms with Crippen LogP contribution in [-0.2, 0) is 4.79 Å². The number of pyridine rings is 1. The molecule has 0 radical (unpaired) electrons. The summed E-state index contributed by atoms with van der Waals surface area (Å²) >= 11 is 0. The van der Waals surface area contributed by atoms with E-state index < -0.39 is 5.92 Å². The summed E-state index contributed by atoms with van der Waals surface area (Å²) in [6.07, 6.45) is 1.00. The summed E-state index contributed by atoms with van der Waals surface area (Å²) in [6.45, 7) is 4.08. The Morgan fingerprint density at radius 2 is 1.91 bits per heavy atom. The van der Waals surface area contributed by atoms with Crippen LogP contribution in [0.1, 0.15) is 43.7 Å². The van der Waals surface area contributed by atoms with E-state index in [1.165, 1.54) is 0 Å². The fourth-order valence-electron chi connectivity index (χ4n) is 4.81. The van der Waals surface area contributed by atoms with E-state index in [9.17, 15) is 9.59 Å². The van der Waals surface area contributed by atoms with E-state index in [0.717, 1.165) is 11.1 Å². The van der Waals surface area contributed by atoms with E-state index in [0.29, 0.717) is 46.6 Å². The van der Waals surface area contributed by atoms with Crippen molar-refractivity contribution in [2.24, 2.45) is 5.41 Å². The van der Waals surface area contributed by atoms with Crippen molar-refractivity contribution in [3.05, 3.63) is 57.0 Å². The highest BCUT2D eigenvalue weighted by Gasteiger charge is 2.43. The van der Waals surface area contributed by atoms with E-state index in [-0.39, 0.29) is 28.5 Å². The summed E-state index contributed by atoms with van der Waals surface area (Å²) in [5.41, 5.74) is 14.4. The second-order valence-corrected chi connectivity index (χ2v) is 9.13. The Morgan fingerprint density at radius 1 is 1.12 bits per heavy atom. The number of carbonyl (C=O) groups is 1. The maximum absolute atomic E-state index is 13.4. The molecule has 5 rings (SSSR count). The van der Waals surface area contributed by atoms with Crippen LogP contribution in [0.15, 0.2) is 40.3 Å². The van der Waals surface area contributed by atoms with E-state index >= 15 is 0 Å². The molecule has 9 nitrogen and oxygen atoms in total. The molecule has 3 heterocycles. The highest BCUT2D eigenvalue weighted by atomic mass is 16.5. The Labute approximate surface area is 183 Å². The number of aromatic amines is 1. The van der Waals surface area contributed by atoms with Gasteiger partial charge >= 0.3 is 0 Å². The van der Waals surface area contributed by atoms with E-state index in [1.807, 2.05) is 19.9 Å². The molecule has 2 aliphatic rings. The standard InChI is InChI=1S/C23H24N6O3/c1-23(2)8-14-17(15(30)9-23)16(18-19(24)28-22(25)29-20(18)26-14)12-7-10-6-11(32-3)4-5-13(10)27-21(12)31/h4-7,16H,8-9H2,1-3H3,(H,27,31)(H5,24,25,26,28,29). The summed E-state index contributed by atoms with van der Waals surface area (Å²) in [5, 5.41) is 4.03. The number of rotatable bonds is 2. The van der Waals surface area contributed by atoms with Crippen LogP contribution in [0.3, 0.4) is 0 Å². The molecule has 164 valence electrons. The number of nitrogen functional groups attached to an aromatic ring is 2. The van der Waals surface area contributed by atoms with Gasteiger partial charge in [0.1, 0.15) is 17.4 Å². The van der Waals surface area contributed by atoms with Crippen molar-refractivity contribution < 1.29 is 9.53 Å². The lowest BCUT2D eigenvalue weighted by Gasteiger charge is -2.38. The number of ether oxygens (including phenoxy) is 1. The molecule has 0 bridgehead atoms. The number of Topliss-reactive ketones (excluding diaryl/α,β-unsaturated/α-hetero) is 1. The van der Waals surface area contributed by atoms with Crippen molar-refractivity contribution in [1.82, 2.24) is 15.0 Å². The van der Waals surface area contributed by atoms with Gasteiger partial charge in [0.2, 0.25) is 5.95 Å². The molecule has 3 aromatic rings. The van der Waals surface area contributed by atoms with Gasteiger partial charge in [-0.25, -0.2) is 0 Å². The topological polar surface area (TPSA) is 149 Å². The molecule has 1 unspecified atom stereocenters. The number of hydrogen-bond acceptors (Lipinski definition) is 8. The molecule has 2 aromatic heterocycles. The van der Waals surface area contributed by atoms with Crippen molar-refractivity contribution in [3.8, 4) is 5.75 Å². The number of benzene rings is 1. The molecule has 1 aromatic carbocycles. The molecule has 0 spiro atoms. The van der Waals surface area contributed by atoms with Crippen molar-refractivity contribution >= 4 is 34.3 Å². The number of aromatic nitrogens is 3. The Balaban J connectivity index is 1.81. The third kappa shape index (κ3) is 3.08. The highest BCUT2D eigenvalue weighted by molar-refractivity contribution is 6.02. The van der Waals surface area contributed by atoms with Gasteiger partial charge in [0, 0.05) is 39.7 Å². The molecule has 6 N–H and O–H groups in total. The predicted octanol–water partition coefficient (Wildman–Crippen LogP) is 2.69. The normalized spacial score (nSPS) is 19.3. The molecule has 32 heavy (non-hydrogen) atoms. The van der Waals surface area contributed by atoms with Gasteiger partial charge in [-0.1, -0.05) is 13.8 Å². The van der Waals surface area contributed by atoms with Crippen LogP contribution in [0.4, 0.5) is 17.6 Å². The minimum Gasteiger partial charge on any atom is -0.497 e. The smallest absolute Gasteiger partial charge is 0.252 e. The van der Waals surface area contributed by atoms with Gasteiger partial charge < -0.3 is 26.5 Å². The molecule has 0 fully saturated rings. The molecule has 0 saturated heterocycles. The Bertz CT molecular complexity index is 1390. The third-order valence-corrected chi connectivity index (χ3v) is 6.15. The maximum Gasteiger partial charge on any atom is 0.252 e. The summed E-state index contributed by atoms with van der Waals surface area (Å²) in [5.74, 6) is 0.515. The molecule has 1 aliphatic carbocycles. The Kier molecular flexibility index (Phi) is 4.27. The van der Waals surface area contributed by atoms with Crippen LogP contribution >= 0.6 is 0 Å². The first kappa shape index (κ1) is 20.0. The van der Waals surface area contributed by atoms with Gasteiger partial charge in [-0.3, -0.25) is 9.59 Å². The lowest BCUT2D eigenvalue weighted by Crippen LogP contribution is -2.36. The van der Waals surface area contributed by atoms with Crippen LogP contribution in [0.2, 0.25) is 0 Å². The Morgan fingerprint density at radius 3 is 2.66 bits per heavy atom. The number of hydrogen-bond donors (Lipinski definition) is 4. The minimum atomic E-state index is -0.704. The predicted molar refractivity (Wildman–Crippen MR) is 122 cm³/mol. The first-order valence-corrected chi connectivity index (χ1v) is 10.3. The van der Waals surface area contributed by atoms with Gasteiger partial charge in [0.15, 0.2) is 5.78 Å². The van der Waals surface area contributed by atoms with E-state index in [1.54, 1.807) is 25.3 Å². The number of nitrogens with zero attached hydrogens (tertiary/aromatic N) is 2. The highest BCUT2D eigenvalue weighted by Crippen LogP contribution is 2.49. The number of nitrogens with two attached hydrogens (primary N) is 2. The van der Waals surface area contributed by atoms with Crippen LogP contribution in [0.5, 0.6) is 5.75 Å². The number of nitrogens with one attached hydrogen (secondary N) is 2. The zero-order chi connectivity index (χ0) is 22.8. The number of methoxy groups -OCH3 is 1. The van der Waals surface area contributed by atoms with Gasteiger partial charge in [0.25, 0.3) is 5.56 Å². The lowest BCUT2D eigenvalue weighted by atomic mass is 9.69. The summed E-state index contributed by atoms with van der Waals surface area (Å²) < 4.78 is 5.33. The average molecular weight is 432 g/mol. The maximum atomic E-state index is 13.4. The number of fused-ring (bicyclic) bond motifs is 2. The fourth-order valence-corrected chi connectivity index (χ4v) is 4.81. The van der Waals surface area contributed by atoms with Crippen LogP contribution in [0, 0.1) is 5.41 Å². The number of allylic oxidation sites excluding steroid dienone is 2. The van der Waals surface area contributed by atoms with E-state index in [4.69, 9.17) is 16.2 Å². The van der Waals surface area contributed by atoms with Crippen molar-refractivity contribution in [2.75, 3.05) is 23.9 Å². The zero-order valence-corrected chi connectivity index (χ0v) is 18.1. The first-order chi connectivity index (χ1) is 15.2. The average Bonchev–Trinajstić information content (AvgIpc) is 2.70. The first-order valence-electron chi connectivity index (χ1n) is 10.3. The van der Waals surface area contributed by atoms with E-state index in [2.05, 4.69) is 20.3 Å². The summed E-state index contributed by atoms with van der Waals surface area (Å²) in [7, 11) is 1.58. The number of H-pyrrole nitrogens is 1. The monoisotopic (exact) mass is 432 g/mol. The van der Waals surface area contributed by atoms with Crippen LogP contribution < -0.4 is 27.1 Å².